The fraction of sp³-hybridized carbons (Fsp3) is 0.300. The Morgan fingerprint density at radius 1 is 1.26 bits per heavy atom. The number of hydrazone groups is 1. The molecule has 0 spiro atoms. The lowest BCUT2D eigenvalue weighted by Gasteiger charge is -2.21. The van der Waals surface area contributed by atoms with Gasteiger partial charge in [-0.05, 0) is 42.3 Å². The van der Waals surface area contributed by atoms with Crippen molar-refractivity contribution in [2.45, 2.75) is 19.8 Å². The number of benzene rings is 2. The summed E-state index contributed by atoms with van der Waals surface area (Å²) in [5.74, 6) is 0.0306. The van der Waals surface area contributed by atoms with E-state index in [1.165, 1.54) is 24.4 Å². The van der Waals surface area contributed by atoms with Crippen LogP contribution in [-0.2, 0) is 14.8 Å². The minimum absolute atomic E-state index is 0.00879. The number of unbranched alkanes of at least 4 members (excludes halogenated alkanes) is 1. The van der Waals surface area contributed by atoms with E-state index in [0.29, 0.717) is 12.2 Å². The SMILES string of the molecule is CCCCOc1ccc(/C=N\NC(=O)CN(c2cccc([N+](=O)[O-])c2)S(C)(=O)=O)cc1. The highest BCUT2D eigenvalue weighted by atomic mass is 32.2. The normalized spacial score (nSPS) is 11.3. The van der Waals surface area contributed by atoms with Crippen LogP contribution in [0.1, 0.15) is 25.3 Å². The quantitative estimate of drug-likeness (QED) is 0.243. The molecule has 11 heteroatoms. The van der Waals surface area contributed by atoms with E-state index >= 15 is 0 Å². The summed E-state index contributed by atoms with van der Waals surface area (Å²) in [5, 5.41) is 14.8. The van der Waals surface area contributed by atoms with Gasteiger partial charge >= 0.3 is 0 Å². The molecule has 0 fully saturated rings. The summed E-state index contributed by atoms with van der Waals surface area (Å²) in [6, 6.07) is 12.1. The van der Waals surface area contributed by atoms with Crippen LogP contribution in [0.2, 0.25) is 0 Å². The van der Waals surface area contributed by atoms with Crippen LogP contribution in [0.25, 0.3) is 0 Å². The first kappa shape index (κ1) is 23.8. The molecule has 0 saturated heterocycles. The number of nitrogens with zero attached hydrogens (tertiary/aromatic N) is 3. The number of nitro groups is 1. The van der Waals surface area contributed by atoms with Crippen molar-refractivity contribution in [3.63, 3.8) is 0 Å². The van der Waals surface area contributed by atoms with Gasteiger partial charge in [0.15, 0.2) is 0 Å². The van der Waals surface area contributed by atoms with E-state index in [1.54, 1.807) is 24.3 Å². The molecule has 0 bridgehead atoms. The number of sulfonamides is 1. The fourth-order valence-electron chi connectivity index (χ4n) is 2.49. The molecule has 1 amide bonds. The third-order valence-corrected chi connectivity index (χ3v) is 5.21. The number of nitro benzene ring substituents is 1. The van der Waals surface area contributed by atoms with E-state index in [-0.39, 0.29) is 11.4 Å². The number of anilines is 1. The molecule has 0 saturated carbocycles. The number of amides is 1. The average molecular weight is 449 g/mol. The smallest absolute Gasteiger partial charge is 0.271 e. The Morgan fingerprint density at radius 2 is 1.97 bits per heavy atom. The Hall–Kier alpha value is -3.47. The van der Waals surface area contributed by atoms with Crippen LogP contribution >= 0.6 is 0 Å². The first-order valence-corrected chi connectivity index (χ1v) is 11.3. The average Bonchev–Trinajstić information content (AvgIpc) is 2.72. The Labute approximate surface area is 180 Å². The number of ether oxygens (including phenoxy) is 1. The van der Waals surface area contributed by atoms with Gasteiger partial charge in [0.05, 0.1) is 29.7 Å². The van der Waals surface area contributed by atoms with Gasteiger partial charge in [-0.2, -0.15) is 5.10 Å². The van der Waals surface area contributed by atoms with Crippen molar-refractivity contribution in [1.82, 2.24) is 5.43 Å². The highest BCUT2D eigenvalue weighted by Crippen LogP contribution is 2.22. The zero-order valence-corrected chi connectivity index (χ0v) is 18.0. The number of carbonyl (C=O) groups excluding carboxylic acids is 1. The Kier molecular flexibility index (Phi) is 8.50. The molecule has 2 aromatic carbocycles. The molecule has 0 atom stereocenters. The molecule has 2 rings (SSSR count). The molecule has 1 N–H and O–H groups in total. The van der Waals surface area contributed by atoms with Crippen molar-refractivity contribution in [3.8, 4) is 5.75 Å². The monoisotopic (exact) mass is 448 g/mol. The minimum atomic E-state index is -3.86. The van der Waals surface area contributed by atoms with E-state index in [1.807, 2.05) is 0 Å². The van der Waals surface area contributed by atoms with Crippen molar-refractivity contribution in [3.05, 3.63) is 64.2 Å². The molecule has 10 nitrogen and oxygen atoms in total. The van der Waals surface area contributed by atoms with Crippen molar-refractivity contribution in [2.75, 3.05) is 23.7 Å². The molecule has 166 valence electrons. The Bertz CT molecular complexity index is 1040. The summed E-state index contributed by atoms with van der Waals surface area (Å²) in [4.78, 5) is 22.5. The van der Waals surface area contributed by atoms with Gasteiger partial charge in [0.25, 0.3) is 11.6 Å². The molecule has 0 unspecified atom stereocenters. The lowest BCUT2D eigenvalue weighted by molar-refractivity contribution is -0.384. The molecule has 0 aliphatic carbocycles. The van der Waals surface area contributed by atoms with E-state index < -0.39 is 27.4 Å². The van der Waals surface area contributed by atoms with Gasteiger partial charge in [-0.1, -0.05) is 19.4 Å². The van der Waals surface area contributed by atoms with Crippen molar-refractivity contribution >= 4 is 33.5 Å². The van der Waals surface area contributed by atoms with Gasteiger partial charge < -0.3 is 4.74 Å². The number of non-ortho nitro benzene ring substituents is 1. The summed E-state index contributed by atoms with van der Waals surface area (Å²) in [7, 11) is -3.86. The van der Waals surface area contributed by atoms with Crippen molar-refractivity contribution < 1.29 is 22.9 Å². The highest BCUT2D eigenvalue weighted by molar-refractivity contribution is 7.92. The molecule has 2 aromatic rings. The van der Waals surface area contributed by atoms with Crippen LogP contribution in [0, 0.1) is 10.1 Å². The summed E-state index contributed by atoms with van der Waals surface area (Å²) in [5.41, 5.74) is 2.69. The maximum atomic E-state index is 12.2. The van der Waals surface area contributed by atoms with Crippen LogP contribution in [-0.4, -0.2) is 44.9 Å². The zero-order valence-electron chi connectivity index (χ0n) is 17.2. The number of hydrogen-bond acceptors (Lipinski definition) is 7. The highest BCUT2D eigenvalue weighted by Gasteiger charge is 2.22. The maximum absolute atomic E-state index is 12.2. The predicted molar refractivity (Wildman–Crippen MR) is 118 cm³/mol. The summed E-state index contributed by atoms with van der Waals surface area (Å²) in [6.07, 6.45) is 4.33. The second kappa shape index (κ2) is 11.1. The largest absolute Gasteiger partial charge is 0.494 e. The molecule has 31 heavy (non-hydrogen) atoms. The van der Waals surface area contributed by atoms with Crippen molar-refractivity contribution in [2.24, 2.45) is 5.10 Å². The summed E-state index contributed by atoms with van der Waals surface area (Å²) in [6.45, 7) is 2.14. The number of nitrogens with one attached hydrogen (secondary N) is 1. The van der Waals surface area contributed by atoms with Crippen molar-refractivity contribution in [1.29, 1.82) is 0 Å². The molecular formula is C20H24N4O6S. The standard InChI is InChI=1S/C20H24N4O6S/c1-3-4-12-30-19-10-8-16(9-11-19)14-21-22-20(25)15-23(31(2,28)29)17-6-5-7-18(13-17)24(26)27/h5-11,13-14H,3-4,12,15H2,1-2H3,(H,22,25)/b21-14-. The van der Waals surface area contributed by atoms with Crippen LogP contribution in [0.3, 0.4) is 0 Å². The van der Waals surface area contributed by atoms with Crippen LogP contribution in [0.4, 0.5) is 11.4 Å². The fourth-order valence-corrected chi connectivity index (χ4v) is 3.34. The van der Waals surface area contributed by atoms with Gasteiger partial charge in [-0.15, -0.1) is 0 Å². The second-order valence-electron chi connectivity index (χ2n) is 6.61. The minimum Gasteiger partial charge on any atom is -0.494 e. The summed E-state index contributed by atoms with van der Waals surface area (Å²) >= 11 is 0. The molecule has 0 aliphatic heterocycles. The molecule has 0 heterocycles. The van der Waals surface area contributed by atoms with Gasteiger partial charge in [0, 0.05) is 12.1 Å². The first-order valence-electron chi connectivity index (χ1n) is 9.47. The van der Waals surface area contributed by atoms with Gasteiger partial charge in [-0.25, -0.2) is 13.8 Å². The van der Waals surface area contributed by atoms with Gasteiger partial charge in [0.2, 0.25) is 10.0 Å². The van der Waals surface area contributed by atoms with Crippen LogP contribution in [0.15, 0.2) is 53.6 Å². The Balaban J connectivity index is 2.00. The van der Waals surface area contributed by atoms with Gasteiger partial charge in [-0.3, -0.25) is 19.2 Å². The van der Waals surface area contributed by atoms with E-state index in [4.69, 9.17) is 4.74 Å². The third kappa shape index (κ3) is 7.70. The summed E-state index contributed by atoms with van der Waals surface area (Å²) < 4.78 is 30.5. The second-order valence-corrected chi connectivity index (χ2v) is 8.52. The van der Waals surface area contributed by atoms with E-state index in [2.05, 4.69) is 17.5 Å². The lowest BCUT2D eigenvalue weighted by Crippen LogP contribution is -2.39. The van der Waals surface area contributed by atoms with E-state index in [0.717, 1.165) is 35.2 Å². The van der Waals surface area contributed by atoms with Crippen LogP contribution < -0.4 is 14.5 Å². The first-order chi connectivity index (χ1) is 14.7. The number of carbonyl (C=O) groups is 1. The molecule has 0 aromatic heterocycles. The van der Waals surface area contributed by atoms with E-state index in [9.17, 15) is 23.3 Å². The molecule has 0 aliphatic rings. The zero-order chi connectivity index (χ0) is 22.9. The third-order valence-electron chi connectivity index (χ3n) is 4.07. The number of rotatable bonds is 11. The maximum Gasteiger partial charge on any atom is 0.271 e. The number of hydrogen-bond donors (Lipinski definition) is 1. The lowest BCUT2D eigenvalue weighted by atomic mass is 10.2. The topological polar surface area (TPSA) is 131 Å². The van der Waals surface area contributed by atoms with Gasteiger partial charge in [0.1, 0.15) is 12.3 Å². The van der Waals surface area contributed by atoms with Crippen LogP contribution in [0.5, 0.6) is 5.75 Å². The predicted octanol–water partition coefficient (Wildman–Crippen LogP) is 2.69. The molecular weight excluding hydrogens is 424 g/mol. The Morgan fingerprint density at radius 3 is 2.58 bits per heavy atom. The molecule has 0 radical (unpaired) electrons.